The highest BCUT2D eigenvalue weighted by molar-refractivity contribution is 6.34. The van der Waals surface area contributed by atoms with Crippen LogP contribution < -0.4 is 16.0 Å². The summed E-state index contributed by atoms with van der Waals surface area (Å²) >= 11 is 6.07. The summed E-state index contributed by atoms with van der Waals surface area (Å²) in [6.45, 7) is 6.18. The first kappa shape index (κ1) is 24.2. The number of nitrogens with one attached hydrogen (secondary N) is 3. The molecule has 1 atom stereocenters. The van der Waals surface area contributed by atoms with Crippen molar-refractivity contribution in [1.29, 1.82) is 0 Å². The van der Waals surface area contributed by atoms with E-state index >= 15 is 0 Å². The first-order valence-corrected chi connectivity index (χ1v) is 9.19. The van der Waals surface area contributed by atoms with Gasteiger partial charge in [0.25, 0.3) is 5.91 Å². The fourth-order valence-corrected chi connectivity index (χ4v) is 2.54. The normalized spacial score (nSPS) is 11.8. The van der Waals surface area contributed by atoms with Crippen LogP contribution in [-0.4, -0.2) is 55.7 Å². The van der Waals surface area contributed by atoms with Gasteiger partial charge in [0.05, 0.1) is 24.2 Å². The van der Waals surface area contributed by atoms with Gasteiger partial charge in [-0.1, -0.05) is 23.7 Å². The molecule has 3 amide bonds. The molecule has 1 aromatic carbocycles. The number of hydrogen-bond donors (Lipinski definition) is 3. The number of benzene rings is 1. The van der Waals surface area contributed by atoms with E-state index in [-0.39, 0.29) is 23.7 Å². The molecule has 0 aromatic heterocycles. The Balaban J connectivity index is 2.66. The van der Waals surface area contributed by atoms with E-state index in [0.29, 0.717) is 5.56 Å². The molecule has 0 aliphatic carbocycles. The first-order valence-electron chi connectivity index (χ1n) is 8.82. The largest absolute Gasteiger partial charge is 0.467 e. The molecule has 0 bridgehead atoms. The fourth-order valence-electron chi connectivity index (χ4n) is 2.23. The number of methoxy groups -OCH3 is 1. The molecule has 1 rings (SSSR count). The van der Waals surface area contributed by atoms with E-state index in [0.717, 1.165) is 7.11 Å². The average Bonchev–Trinajstić information content (AvgIpc) is 2.61. The van der Waals surface area contributed by atoms with Crippen molar-refractivity contribution in [3.05, 3.63) is 34.3 Å². The summed E-state index contributed by atoms with van der Waals surface area (Å²) in [4.78, 5) is 48.0. The Morgan fingerprint density at radius 2 is 1.79 bits per heavy atom. The van der Waals surface area contributed by atoms with Crippen LogP contribution in [0.1, 0.15) is 36.7 Å². The van der Waals surface area contributed by atoms with Crippen LogP contribution in [0.3, 0.4) is 0 Å². The molecule has 0 fully saturated rings. The summed E-state index contributed by atoms with van der Waals surface area (Å²) in [6.07, 6.45) is -0.750. The van der Waals surface area contributed by atoms with Crippen LogP contribution in [0.4, 0.5) is 4.79 Å². The number of halogens is 1. The van der Waals surface area contributed by atoms with Crippen molar-refractivity contribution >= 4 is 35.5 Å². The minimum Gasteiger partial charge on any atom is -0.467 e. The highest BCUT2D eigenvalue weighted by Crippen LogP contribution is 2.19. The van der Waals surface area contributed by atoms with Gasteiger partial charge in [0, 0.05) is 6.54 Å². The lowest BCUT2D eigenvalue weighted by molar-refractivity contribution is -0.142. The maximum Gasteiger partial charge on any atom is 0.408 e. The van der Waals surface area contributed by atoms with Gasteiger partial charge in [-0.25, -0.2) is 9.59 Å². The van der Waals surface area contributed by atoms with E-state index in [2.05, 4.69) is 20.7 Å². The molecule has 1 unspecified atom stereocenters. The number of amides is 3. The summed E-state index contributed by atoms with van der Waals surface area (Å²) in [5, 5.41) is 7.46. The molecular weight excluding hydrogens is 402 g/mol. The molecule has 0 radical (unpaired) electrons. The molecule has 0 saturated carbocycles. The van der Waals surface area contributed by atoms with Crippen molar-refractivity contribution < 1.29 is 28.7 Å². The number of aryl methyl sites for hydroxylation is 1. The van der Waals surface area contributed by atoms with E-state index in [1.807, 2.05) is 0 Å². The molecule has 3 N–H and O–H groups in total. The highest BCUT2D eigenvalue weighted by Gasteiger charge is 2.25. The molecule has 0 aliphatic rings. The maximum absolute atomic E-state index is 12.5. The van der Waals surface area contributed by atoms with Gasteiger partial charge >= 0.3 is 12.1 Å². The Bertz CT molecular complexity index is 755. The minimum atomic E-state index is -1.14. The number of alkyl carbamates (subject to hydrolysis) is 1. The lowest BCUT2D eigenvalue weighted by atomic mass is 10.1. The topological polar surface area (TPSA) is 123 Å². The lowest BCUT2D eigenvalue weighted by Gasteiger charge is -2.20. The van der Waals surface area contributed by atoms with Crippen molar-refractivity contribution in [3.8, 4) is 0 Å². The second-order valence-corrected chi connectivity index (χ2v) is 7.55. The predicted octanol–water partition coefficient (Wildman–Crippen LogP) is 1.56. The van der Waals surface area contributed by atoms with E-state index in [1.165, 1.54) is 0 Å². The average molecular weight is 428 g/mol. The zero-order chi connectivity index (χ0) is 22.2. The van der Waals surface area contributed by atoms with Gasteiger partial charge in [-0.2, -0.15) is 0 Å². The summed E-state index contributed by atoms with van der Waals surface area (Å²) in [6, 6.07) is 3.82. The van der Waals surface area contributed by atoms with Gasteiger partial charge in [-0.15, -0.1) is 0 Å². The molecule has 0 spiro atoms. The lowest BCUT2D eigenvalue weighted by Crippen LogP contribution is -2.50. The van der Waals surface area contributed by atoms with Crippen molar-refractivity contribution in [1.82, 2.24) is 16.0 Å². The van der Waals surface area contributed by atoms with Gasteiger partial charge in [-0.3, -0.25) is 9.59 Å². The highest BCUT2D eigenvalue weighted by atomic mass is 35.5. The van der Waals surface area contributed by atoms with Gasteiger partial charge in [0.2, 0.25) is 5.91 Å². The number of ether oxygens (including phenoxy) is 2. The van der Waals surface area contributed by atoms with Crippen LogP contribution in [0, 0.1) is 6.92 Å². The van der Waals surface area contributed by atoms with Crippen LogP contribution >= 0.6 is 11.6 Å². The van der Waals surface area contributed by atoms with Crippen LogP contribution in [0.5, 0.6) is 0 Å². The first-order chi connectivity index (χ1) is 13.4. The number of rotatable bonds is 7. The van der Waals surface area contributed by atoms with Crippen LogP contribution in [-0.2, 0) is 19.1 Å². The molecule has 1 aromatic rings. The third-order valence-electron chi connectivity index (χ3n) is 3.54. The van der Waals surface area contributed by atoms with Crippen LogP contribution in [0.25, 0.3) is 0 Å². The monoisotopic (exact) mass is 427 g/mol. The van der Waals surface area contributed by atoms with E-state index < -0.39 is 35.5 Å². The number of carbonyl (C=O) groups excluding carboxylic acids is 4. The zero-order valence-electron chi connectivity index (χ0n) is 17.1. The van der Waals surface area contributed by atoms with Crippen molar-refractivity contribution in [2.45, 2.75) is 39.3 Å². The molecule has 10 heteroatoms. The molecule has 160 valence electrons. The van der Waals surface area contributed by atoms with Crippen molar-refractivity contribution in [2.24, 2.45) is 0 Å². The maximum atomic E-state index is 12.5. The number of esters is 1. The van der Waals surface area contributed by atoms with Crippen LogP contribution in [0.2, 0.25) is 5.02 Å². The van der Waals surface area contributed by atoms with Crippen molar-refractivity contribution in [2.75, 3.05) is 20.2 Å². The summed E-state index contributed by atoms with van der Waals surface area (Å²) in [5.41, 5.74) is 0.155. The Kier molecular flexibility index (Phi) is 8.90. The summed E-state index contributed by atoms with van der Waals surface area (Å²) in [7, 11) is 1.16. The summed E-state index contributed by atoms with van der Waals surface area (Å²) < 4.78 is 9.69. The molecule has 0 aliphatic heterocycles. The zero-order valence-corrected chi connectivity index (χ0v) is 17.8. The minimum absolute atomic E-state index is 0.223. The van der Waals surface area contributed by atoms with E-state index in [1.54, 1.807) is 45.9 Å². The Morgan fingerprint density at radius 3 is 2.34 bits per heavy atom. The molecule has 9 nitrogen and oxygen atoms in total. The Hall–Kier alpha value is -2.81. The van der Waals surface area contributed by atoms with E-state index in [9.17, 15) is 19.2 Å². The molecule has 0 heterocycles. The number of hydrogen-bond acceptors (Lipinski definition) is 6. The number of carbonyl (C=O) groups is 4. The SMILES string of the molecule is COC(=O)C(CNC(=O)CNC(=O)OC(C)(C)C)NC(=O)c1c(C)cccc1Cl. The van der Waals surface area contributed by atoms with Gasteiger partial charge in [-0.05, 0) is 39.3 Å². The molecule has 29 heavy (non-hydrogen) atoms. The van der Waals surface area contributed by atoms with Crippen molar-refractivity contribution in [3.63, 3.8) is 0 Å². The predicted molar refractivity (Wildman–Crippen MR) is 107 cm³/mol. The smallest absolute Gasteiger partial charge is 0.408 e. The third-order valence-corrected chi connectivity index (χ3v) is 3.85. The second-order valence-electron chi connectivity index (χ2n) is 7.14. The fraction of sp³-hybridized carbons (Fsp3) is 0.474. The summed E-state index contributed by atoms with van der Waals surface area (Å²) in [5.74, 6) is -1.90. The van der Waals surface area contributed by atoms with Gasteiger partial charge in [0.15, 0.2) is 0 Å². The van der Waals surface area contributed by atoms with E-state index in [4.69, 9.17) is 16.3 Å². The van der Waals surface area contributed by atoms with Crippen LogP contribution in [0.15, 0.2) is 18.2 Å². The second kappa shape index (κ2) is 10.7. The molecular formula is C19H26ClN3O6. The standard InChI is InChI=1S/C19H26ClN3O6/c1-11-7-6-8-12(20)15(11)16(25)23-13(17(26)28-5)9-21-14(24)10-22-18(27)29-19(2,3)4/h6-8,13H,9-10H2,1-5H3,(H,21,24)(H,22,27)(H,23,25). The van der Waals surface area contributed by atoms with Gasteiger partial charge in [0.1, 0.15) is 11.6 Å². The Labute approximate surface area is 174 Å². The third kappa shape index (κ3) is 8.39. The Morgan fingerprint density at radius 1 is 1.14 bits per heavy atom. The quantitative estimate of drug-likeness (QED) is 0.567. The molecule has 0 saturated heterocycles. The van der Waals surface area contributed by atoms with Gasteiger partial charge < -0.3 is 25.4 Å².